The van der Waals surface area contributed by atoms with Gasteiger partial charge in [0.25, 0.3) is 0 Å². The molecular formula is C16H24FN3O. The highest BCUT2D eigenvalue weighted by molar-refractivity contribution is 5.95. The van der Waals surface area contributed by atoms with Crippen molar-refractivity contribution >= 4 is 5.78 Å². The van der Waals surface area contributed by atoms with Crippen LogP contribution in [0, 0.1) is 11.7 Å². The molecule has 1 aliphatic heterocycles. The summed E-state index contributed by atoms with van der Waals surface area (Å²) in [5.41, 5.74) is 0.354. The fraction of sp³-hybridized carbons (Fsp3) is 0.625. The number of carbonyl (C=O) groups is 1. The second-order valence-corrected chi connectivity index (χ2v) is 6.12. The summed E-state index contributed by atoms with van der Waals surface area (Å²) < 4.78 is 12.8. The third-order valence-corrected chi connectivity index (χ3v) is 4.25. The molecule has 5 heteroatoms. The molecule has 1 fully saturated rings. The zero-order chi connectivity index (χ0) is 15.4. The molecule has 1 aromatic rings. The number of nitrogens with zero attached hydrogens (tertiary/aromatic N) is 3. The first-order valence-corrected chi connectivity index (χ1v) is 7.52. The molecule has 1 aliphatic rings. The van der Waals surface area contributed by atoms with E-state index in [1.165, 1.54) is 12.1 Å². The third-order valence-electron chi connectivity index (χ3n) is 4.25. The van der Waals surface area contributed by atoms with Crippen LogP contribution >= 0.6 is 0 Å². The van der Waals surface area contributed by atoms with E-state index in [9.17, 15) is 9.18 Å². The van der Waals surface area contributed by atoms with Gasteiger partial charge in [0.1, 0.15) is 11.5 Å². The van der Waals surface area contributed by atoms with Crippen LogP contribution < -0.4 is 0 Å². The molecule has 0 aliphatic carbocycles. The quantitative estimate of drug-likeness (QED) is 0.779. The van der Waals surface area contributed by atoms with Gasteiger partial charge < -0.3 is 9.80 Å². The molecule has 1 unspecified atom stereocenters. The lowest BCUT2D eigenvalue weighted by molar-refractivity contribution is 0.0848. The van der Waals surface area contributed by atoms with Gasteiger partial charge in [-0.3, -0.25) is 9.78 Å². The van der Waals surface area contributed by atoms with E-state index in [0.29, 0.717) is 11.7 Å². The average Bonchev–Trinajstić information content (AvgIpc) is 2.47. The fourth-order valence-corrected chi connectivity index (χ4v) is 2.86. The van der Waals surface area contributed by atoms with E-state index in [1.807, 2.05) is 6.92 Å². The predicted octanol–water partition coefficient (Wildman–Crippen LogP) is 2.07. The van der Waals surface area contributed by atoms with Gasteiger partial charge in [0.2, 0.25) is 0 Å². The Morgan fingerprint density at radius 3 is 2.62 bits per heavy atom. The van der Waals surface area contributed by atoms with Crippen molar-refractivity contribution in [3.8, 4) is 0 Å². The Morgan fingerprint density at radius 1 is 1.43 bits per heavy atom. The van der Waals surface area contributed by atoms with Crippen LogP contribution in [0.1, 0.15) is 30.3 Å². The number of hydrogen-bond acceptors (Lipinski definition) is 4. The predicted molar refractivity (Wildman–Crippen MR) is 80.8 cm³/mol. The Labute approximate surface area is 126 Å². The lowest BCUT2D eigenvalue weighted by Gasteiger charge is -2.36. The molecule has 0 radical (unpaired) electrons. The number of halogens is 1. The van der Waals surface area contributed by atoms with Crippen molar-refractivity contribution in [3.05, 3.63) is 29.8 Å². The van der Waals surface area contributed by atoms with Gasteiger partial charge in [-0.15, -0.1) is 0 Å². The maximum atomic E-state index is 12.8. The summed E-state index contributed by atoms with van der Waals surface area (Å²) in [6.45, 7) is 4.72. The summed E-state index contributed by atoms with van der Waals surface area (Å²) in [5.74, 6) is -0.534. The zero-order valence-electron chi connectivity index (χ0n) is 13.1. The van der Waals surface area contributed by atoms with E-state index in [-0.39, 0.29) is 11.7 Å². The smallest absolute Gasteiger partial charge is 0.185 e. The molecule has 4 nitrogen and oxygen atoms in total. The van der Waals surface area contributed by atoms with Crippen molar-refractivity contribution in [2.45, 2.75) is 25.8 Å². The summed E-state index contributed by atoms with van der Waals surface area (Å²) in [4.78, 5) is 20.8. The number of Topliss-reactive ketones (excluding diaryl/α,β-unsaturated/α-hetero) is 1. The number of rotatable bonds is 5. The topological polar surface area (TPSA) is 36.4 Å². The first-order chi connectivity index (χ1) is 9.97. The molecule has 1 atom stereocenters. The Morgan fingerprint density at radius 2 is 2.10 bits per heavy atom. The second kappa shape index (κ2) is 7.09. The number of pyridine rings is 1. The van der Waals surface area contributed by atoms with E-state index in [2.05, 4.69) is 28.9 Å². The van der Waals surface area contributed by atoms with Gasteiger partial charge in [-0.05, 0) is 52.2 Å². The van der Waals surface area contributed by atoms with Gasteiger partial charge in [-0.2, -0.15) is 0 Å². The van der Waals surface area contributed by atoms with Gasteiger partial charge >= 0.3 is 0 Å². The monoisotopic (exact) mass is 293 g/mol. The summed E-state index contributed by atoms with van der Waals surface area (Å²) >= 11 is 0. The molecule has 116 valence electrons. The molecule has 2 rings (SSSR count). The molecule has 0 bridgehead atoms. The van der Waals surface area contributed by atoms with Crippen molar-refractivity contribution in [1.29, 1.82) is 0 Å². The van der Waals surface area contributed by atoms with E-state index in [1.54, 1.807) is 0 Å². The number of hydrogen-bond donors (Lipinski definition) is 0. The van der Waals surface area contributed by atoms with E-state index < -0.39 is 5.82 Å². The van der Waals surface area contributed by atoms with Crippen LogP contribution in [0.4, 0.5) is 4.39 Å². The highest BCUT2D eigenvalue weighted by atomic mass is 19.1. The minimum atomic E-state index is -0.412. The van der Waals surface area contributed by atoms with Crippen LogP contribution in [0.5, 0.6) is 0 Å². The summed E-state index contributed by atoms with van der Waals surface area (Å²) in [6, 6.07) is 3.40. The molecule has 1 saturated heterocycles. The van der Waals surface area contributed by atoms with E-state index in [0.717, 1.165) is 38.7 Å². The highest BCUT2D eigenvalue weighted by Gasteiger charge is 2.24. The first-order valence-electron chi connectivity index (χ1n) is 7.52. The third kappa shape index (κ3) is 4.32. The van der Waals surface area contributed by atoms with Crippen LogP contribution in [0.3, 0.4) is 0 Å². The second-order valence-electron chi connectivity index (χ2n) is 6.12. The maximum absolute atomic E-state index is 12.8. The highest BCUT2D eigenvalue weighted by Crippen LogP contribution is 2.17. The molecule has 2 heterocycles. The van der Waals surface area contributed by atoms with Crippen molar-refractivity contribution < 1.29 is 9.18 Å². The number of likely N-dealkylation sites (tertiary alicyclic amines) is 1. The number of aromatic nitrogens is 1. The molecule has 0 aromatic carbocycles. The van der Waals surface area contributed by atoms with E-state index in [4.69, 9.17) is 0 Å². The molecule has 21 heavy (non-hydrogen) atoms. The fourth-order valence-electron chi connectivity index (χ4n) is 2.86. The SMILES string of the molecule is CC(CN1CCC(N(C)C)CC1)C(=O)c1ccc(F)cn1. The number of carbonyl (C=O) groups excluding carboxylic acids is 1. The Kier molecular flexibility index (Phi) is 5.42. The van der Waals surface area contributed by atoms with Gasteiger partial charge in [0.15, 0.2) is 5.78 Å². The molecule has 0 N–H and O–H groups in total. The van der Waals surface area contributed by atoms with Crippen molar-refractivity contribution in [1.82, 2.24) is 14.8 Å². The lowest BCUT2D eigenvalue weighted by Crippen LogP contribution is -2.44. The van der Waals surface area contributed by atoms with Crippen LogP contribution in [0.15, 0.2) is 18.3 Å². The molecule has 0 saturated carbocycles. The Bertz CT molecular complexity index is 467. The van der Waals surface area contributed by atoms with Gasteiger partial charge in [0.05, 0.1) is 6.20 Å². The van der Waals surface area contributed by atoms with E-state index >= 15 is 0 Å². The summed E-state index contributed by atoms with van der Waals surface area (Å²) in [6.07, 6.45) is 3.38. The van der Waals surface area contributed by atoms with Gasteiger partial charge in [0, 0.05) is 18.5 Å². The molecule has 0 amide bonds. The largest absolute Gasteiger partial charge is 0.306 e. The maximum Gasteiger partial charge on any atom is 0.185 e. The zero-order valence-corrected chi connectivity index (χ0v) is 13.1. The Balaban J connectivity index is 1.86. The van der Waals surface area contributed by atoms with Crippen LogP contribution in [0.2, 0.25) is 0 Å². The van der Waals surface area contributed by atoms with Crippen LogP contribution in [0.25, 0.3) is 0 Å². The Hall–Kier alpha value is -1.33. The van der Waals surface area contributed by atoms with Gasteiger partial charge in [-0.1, -0.05) is 6.92 Å². The van der Waals surface area contributed by atoms with Crippen molar-refractivity contribution in [2.75, 3.05) is 33.7 Å². The van der Waals surface area contributed by atoms with Crippen LogP contribution in [-0.4, -0.2) is 60.3 Å². The normalized spacial score (nSPS) is 18.9. The molecule has 1 aromatic heterocycles. The van der Waals surface area contributed by atoms with Crippen molar-refractivity contribution in [3.63, 3.8) is 0 Å². The minimum absolute atomic E-state index is 0.00951. The number of piperidine rings is 1. The lowest BCUT2D eigenvalue weighted by atomic mass is 9.99. The van der Waals surface area contributed by atoms with Gasteiger partial charge in [-0.25, -0.2) is 4.39 Å². The minimum Gasteiger partial charge on any atom is -0.306 e. The van der Waals surface area contributed by atoms with Crippen LogP contribution in [-0.2, 0) is 0 Å². The summed E-state index contributed by atoms with van der Waals surface area (Å²) in [7, 11) is 4.24. The molecular weight excluding hydrogens is 269 g/mol. The standard InChI is InChI=1S/C16H24FN3O/c1-12(16(21)15-5-4-13(17)10-18-15)11-20-8-6-14(7-9-20)19(2)3/h4-5,10,12,14H,6-9,11H2,1-3H3. The molecule has 0 spiro atoms. The number of ketones is 1. The first kappa shape index (κ1) is 16.0. The summed E-state index contributed by atoms with van der Waals surface area (Å²) in [5, 5.41) is 0. The van der Waals surface area contributed by atoms with Crippen molar-refractivity contribution in [2.24, 2.45) is 5.92 Å². The average molecular weight is 293 g/mol.